The van der Waals surface area contributed by atoms with Crippen LogP contribution in [0.15, 0.2) is 78.9 Å². The molecule has 0 spiro atoms. The van der Waals surface area contributed by atoms with Crippen molar-refractivity contribution in [2.24, 2.45) is 0 Å². The van der Waals surface area contributed by atoms with E-state index in [0.29, 0.717) is 0 Å². The third-order valence-electron chi connectivity index (χ3n) is 3.91. The van der Waals surface area contributed by atoms with Gasteiger partial charge in [-0.2, -0.15) is 0 Å². The summed E-state index contributed by atoms with van der Waals surface area (Å²) in [6, 6.07) is 24.1. The topological polar surface area (TPSA) is 49.8 Å². The average molecular weight is 333 g/mol. The van der Waals surface area contributed by atoms with Gasteiger partial charge in [-0.25, -0.2) is 4.79 Å². The zero-order valence-electron chi connectivity index (χ0n) is 13.9. The van der Waals surface area contributed by atoms with Gasteiger partial charge in [-0.3, -0.25) is 4.90 Å². The zero-order valence-corrected chi connectivity index (χ0v) is 13.9. The van der Waals surface area contributed by atoms with E-state index in [0.717, 1.165) is 22.4 Å². The molecule has 3 aromatic carbocycles. The van der Waals surface area contributed by atoms with Crippen LogP contribution in [0.1, 0.15) is 5.56 Å². The minimum Gasteiger partial charge on any atom is -0.508 e. The number of carbonyl (C=O) groups is 1. The first-order valence-electron chi connectivity index (χ1n) is 7.97. The first-order valence-corrected chi connectivity index (χ1v) is 7.97. The fourth-order valence-electron chi connectivity index (χ4n) is 2.47. The number of rotatable bonds is 4. The van der Waals surface area contributed by atoms with Crippen LogP contribution in [0, 0.1) is 0 Å². The minimum absolute atomic E-state index is 0.224. The summed E-state index contributed by atoms with van der Waals surface area (Å²) < 4.78 is 5.36. The first kappa shape index (κ1) is 16.6. The molecule has 0 heterocycles. The van der Waals surface area contributed by atoms with Crippen molar-refractivity contribution < 1.29 is 14.6 Å². The summed E-state index contributed by atoms with van der Waals surface area (Å²) >= 11 is 0. The number of benzene rings is 3. The number of nitrogens with zero attached hydrogens (tertiary/aromatic N) is 1. The van der Waals surface area contributed by atoms with Crippen LogP contribution in [-0.2, 0) is 11.3 Å². The summed E-state index contributed by atoms with van der Waals surface area (Å²) in [6.45, 7) is 0.238. The van der Waals surface area contributed by atoms with Gasteiger partial charge in [-0.1, -0.05) is 54.6 Å². The Kier molecular flexibility index (Phi) is 5.00. The van der Waals surface area contributed by atoms with Crippen molar-refractivity contribution in [1.29, 1.82) is 0 Å². The molecule has 4 nitrogen and oxygen atoms in total. The molecule has 0 bridgehead atoms. The predicted octanol–water partition coefficient (Wildman–Crippen LogP) is 4.83. The van der Waals surface area contributed by atoms with Crippen LogP contribution in [0.2, 0.25) is 0 Å². The van der Waals surface area contributed by atoms with Gasteiger partial charge in [0, 0.05) is 12.7 Å². The van der Waals surface area contributed by atoms with Crippen molar-refractivity contribution >= 4 is 11.8 Å². The maximum atomic E-state index is 12.3. The highest BCUT2D eigenvalue weighted by Gasteiger charge is 2.13. The molecular formula is C21H19NO3. The molecule has 1 N–H and O–H groups in total. The highest BCUT2D eigenvalue weighted by atomic mass is 16.6. The van der Waals surface area contributed by atoms with Crippen LogP contribution in [0.3, 0.4) is 0 Å². The van der Waals surface area contributed by atoms with E-state index in [1.165, 1.54) is 4.90 Å². The lowest BCUT2D eigenvalue weighted by atomic mass is 10.0. The molecule has 0 aliphatic carbocycles. The van der Waals surface area contributed by atoms with Crippen molar-refractivity contribution in [3.63, 3.8) is 0 Å². The second-order valence-electron chi connectivity index (χ2n) is 5.70. The van der Waals surface area contributed by atoms with Crippen molar-refractivity contribution in [2.75, 3.05) is 11.9 Å². The minimum atomic E-state index is -0.410. The molecule has 3 rings (SSSR count). The lowest BCUT2D eigenvalue weighted by molar-refractivity contribution is 0.148. The van der Waals surface area contributed by atoms with E-state index in [1.807, 2.05) is 66.7 Å². The quantitative estimate of drug-likeness (QED) is 0.744. The van der Waals surface area contributed by atoms with E-state index in [2.05, 4.69) is 0 Å². The summed E-state index contributed by atoms with van der Waals surface area (Å²) in [5.74, 6) is 0.224. The van der Waals surface area contributed by atoms with Crippen LogP contribution in [0.25, 0.3) is 11.1 Å². The number of amides is 1. The molecule has 0 saturated heterocycles. The molecule has 25 heavy (non-hydrogen) atoms. The Morgan fingerprint density at radius 1 is 0.920 bits per heavy atom. The number of ether oxygens (including phenoxy) is 1. The summed E-state index contributed by atoms with van der Waals surface area (Å²) in [5.41, 5.74) is 3.61. The molecule has 0 aromatic heterocycles. The largest absolute Gasteiger partial charge is 0.508 e. The molecule has 3 aromatic rings. The fraction of sp³-hybridized carbons (Fsp3) is 0.0952. The molecule has 126 valence electrons. The predicted molar refractivity (Wildman–Crippen MR) is 98.6 cm³/mol. The van der Waals surface area contributed by atoms with Crippen molar-refractivity contribution in [3.05, 3.63) is 84.4 Å². The molecular weight excluding hydrogens is 314 g/mol. The standard InChI is InChI=1S/C21H19NO3/c1-22(21(24)25-15-16-6-3-2-4-7-16)19-9-5-8-18(14-19)17-10-12-20(23)13-11-17/h2-14,23H,15H2,1H3. The van der Waals surface area contributed by atoms with Crippen LogP contribution in [0.5, 0.6) is 5.75 Å². The van der Waals surface area contributed by atoms with Gasteiger partial charge in [-0.15, -0.1) is 0 Å². The average Bonchev–Trinajstić information content (AvgIpc) is 2.67. The van der Waals surface area contributed by atoms with Crippen LogP contribution in [0.4, 0.5) is 10.5 Å². The molecule has 0 saturated carbocycles. The Bertz CT molecular complexity index is 845. The van der Waals surface area contributed by atoms with Gasteiger partial charge < -0.3 is 9.84 Å². The smallest absolute Gasteiger partial charge is 0.414 e. The molecule has 0 unspecified atom stereocenters. The normalized spacial score (nSPS) is 10.3. The summed E-state index contributed by atoms with van der Waals surface area (Å²) in [7, 11) is 1.68. The Balaban J connectivity index is 1.71. The summed E-state index contributed by atoms with van der Waals surface area (Å²) in [4.78, 5) is 13.8. The third kappa shape index (κ3) is 4.18. The van der Waals surface area contributed by atoms with Gasteiger partial charge in [0.2, 0.25) is 0 Å². The molecule has 0 aliphatic rings. The van der Waals surface area contributed by atoms with Crippen molar-refractivity contribution in [1.82, 2.24) is 0 Å². The van der Waals surface area contributed by atoms with Gasteiger partial charge in [0.1, 0.15) is 12.4 Å². The number of hydrogen-bond donors (Lipinski definition) is 1. The second-order valence-corrected chi connectivity index (χ2v) is 5.70. The monoisotopic (exact) mass is 333 g/mol. The Morgan fingerprint density at radius 3 is 2.36 bits per heavy atom. The Hall–Kier alpha value is -3.27. The van der Waals surface area contributed by atoms with E-state index >= 15 is 0 Å². The van der Waals surface area contributed by atoms with Crippen LogP contribution in [-0.4, -0.2) is 18.2 Å². The molecule has 4 heteroatoms. The SMILES string of the molecule is CN(C(=O)OCc1ccccc1)c1cccc(-c2ccc(O)cc2)c1. The third-order valence-corrected chi connectivity index (χ3v) is 3.91. The molecule has 0 radical (unpaired) electrons. The van der Waals surface area contributed by atoms with E-state index in [4.69, 9.17) is 4.74 Å². The maximum Gasteiger partial charge on any atom is 0.414 e. The molecule has 0 atom stereocenters. The number of anilines is 1. The van der Waals surface area contributed by atoms with Gasteiger partial charge in [0.15, 0.2) is 0 Å². The second kappa shape index (κ2) is 7.53. The van der Waals surface area contributed by atoms with Crippen molar-refractivity contribution in [3.8, 4) is 16.9 Å². The highest BCUT2D eigenvalue weighted by Crippen LogP contribution is 2.26. The van der Waals surface area contributed by atoms with E-state index in [9.17, 15) is 9.90 Å². The summed E-state index contributed by atoms with van der Waals surface area (Å²) in [6.07, 6.45) is -0.410. The maximum absolute atomic E-state index is 12.3. The first-order chi connectivity index (χ1) is 12.1. The summed E-state index contributed by atoms with van der Waals surface area (Å²) in [5, 5.41) is 9.40. The van der Waals surface area contributed by atoms with Gasteiger partial charge in [0.05, 0.1) is 0 Å². The Morgan fingerprint density at radius 2 is 1.64 bits per heavy atom. The number of carbonyl (C=O) groups excluding carboxylic acids is 1. The van der Waals surface area contributed by atoms with E-state index < -0.39 is 6.09 Å². The number of hydrogen-bond acceptors (Lipinski definition) is 3. The van der Waals surface area contributed by atoms with E-state index in [-0.39, 0.29) is 12.4 Å². The van der Waals surface area contributed by atoms with Gasteiger partial charge in [-0.05, 0) is 41.0 Å². The van der Waals surface area contributed by atoms with Crippen LogP contribution < -0.4 is 4.90 Å². The van der Waals surface area contributed by atoms with Crippen LogP contribution >= 0.6 is 0 Å². The lowest BCUT2D eigenvalue weighted by Gasteiger charge is -2.18. The zero-order chi connectivity index (χ0) is 17.6. The molecule has 0 aliphatic heterocycles. The van der Waals surface area contributed by atoms with Crippen molar-refractivity contribution in [2.45, 2.75) is 6.61 Å². The number of phenols is 1. The van der Waals surface area contributed by atoms with Gasteiger partial charge in [0.25, 0.3) is 0 Å². The van der Waals surface area contributed by atoms with Gasteiger partial charge >= 0.3 is 6.09 Å². The number of aromatic hydroxyl groups is 1. The Labute approximate surface area is 146 Å². The fourth-order valence-corrected chi connectivity index (χ4v) is 2.47. The molecule has 1 amide bonds. The highest BCUT2D eigenvalue weighted by molar-refractivity contribution is 5.88. The number of phenolic OH excluding ortho intramolecular Hbond substituents is 1. The lowest BCUT2D eigenvalue weighted by Crippen LogP contribution is -2.26. The molecule has 0 fully saturated rings. The van der Waals surface area contributed by atoms with E-state index in [1.54, 1.807) is 19.2 Å².